The van der Waals surface area contributed by atoms with Crippen LogP contribution in [0.3, 0.4) is 0 Å². The maximum atomic E-state index is 13.0. The van der Waals surface area contributed by atoms with Crippen molar-refractivity contribution in [2.45, 2.75) is 6.92 Å². The maximum Gasteiger partial charge on any atom is 0.281 e. The Balaban J connectivity index is 1.95. The number of nitrogens with zero attached hydrogens (tertiary/aromatic N) is 1. The second-order valence-electron chi connectivity index (χ2n) is 6.09. The summed E-state index contributed by atoms with van der Waals surface area (Å²) < 4.78 is 10.8. The third-order valence-electron chi connectivity index (χ3n) is 4.14. The molecule has 2 aromatic carbocycles. The first kappa shape index (κ1) is 21.0. The minimum atomic E-state index is -0.289. The van der Waals surface area contributed by atoms with Crippen LogP contribution in [0.2, 0.25) is 10.0 Å². The topological polar surface area (TPSA) is 50.8 Å². The maximum absolute atomic E-state index is 13.0. The van der Waals surface area contributed by atoms with E-state index in [1.165, 1.54) is 12.0 Å². The highest BCUT2D eigenvalue weighted by Gasteiger charge is 2.33. The number of hydrogen-bond acceptors (Lipinski definition) is 4. The number of methoxy groups -OCH3 is 1. The lowest BCUT2D eigenvalue weighted by atomic mass is 10.1. The summed E-state index contributed by atoms with van der Waals surface area (Å²) in [6, 6.07) is 8.58. The van der Waals surface area contributed by atoms with Crippen molar-refractivity contribution in [1.82, 2.24) is 5.32 Å². The number of rotatable bonds is 5. The molecule has 5 nitrogen and oxygen atoms in total. The molecular weight excluding hydrogens is 431 g/mol. The number of anilines is 1. The molecule has 0 aromatic heterocycles. The van der Waals surface area contributed by atoms with Gasteiger partial charge in [-0.1, -0.05) is 29.1 Å². The molecular formula is C21H16Cl2N2O3S. The first-order valence-corrected chi connectivity index (χ1v) is 9.59. The number of benzene rings is 2. The summed E-state index contributed by atoms with van der Waals surface area (Å²) in [7, 11) is 1.49. The van der Waals surface area contributed by atoms with Crippen LogP contribution < -0.4 is 19.7 Å². The Morgan fingerprint density at radius 3 is 2.72 bits per heavy atom. The molecule has 3 rings (SSSR count). The van der Waals surface area contributed by atoms with E-state index in [-0.39, 0.29) is 17.6 Å². The predicted octanol–water partition coefficient (Wildman–Crippen LogP) is 4.58. The quantitative estimate of drug-likeness (QED) is 0.413. The molecule has 1 heterocycles. The Bertz CT molecular complexity index is 1080. The molecule has 1 amide bonds. The van der Waals surface area contributed by atoms with Crippen molar-refractivity contribution in [3.8, 4) is 23.8 Å². The molecule has 1 aliphatic rings. The highest BCUT2D eigenvalue weighted by molar-refractivity contribution is 7.80. The van der Waals surface area contributed by atoms with Crippen molar-refractivity contribution in [2.24, 2.45) is 0 Å². The molecule has 0 unspecified atom stereocenters. The predicted molar refractivity (Wildman–Crippen MR) is 120 cm³/mol. The van der Waals surface area contributed by atoms with E-state index in [0.29, 0.717) is 38.5 Å². The molecule has 29 heavy (non-hydrogen) atoms. The first-order valence-electron chi connectivity index (χ1n) is 8.42. The molecule has 1 N–H and O–H groups in total. The number of nitrogens with one attached hydrogen (secondary N) is 1. The Labute approximate surface area is 184 Å². The van der Waals surface area contributed by atoms with Gasteiger partial charge in [0.1, 0.15) is 12.3 Å². The first-order chi connectivity index (χ1) is 13.8. The number of hydrogen-bond donors (Lipinski definition) is 1. The van der Waals surface area contributed by atoms with Crippen molar-refractivity contribution in [1.29, 1.82) is 0 Å². The van der Waals surface area contributed by atoms with Crippen molar-refractivity contribution < 1.29 is 14.3 Å². The lowest BCUT2D eigenvalue weighted by molar-refractivity contribution is -0.113. The standard InChI is InChI=1S/C21H16Cl2N2O3S/c1-4-7-28-19-15(23)9-13(11-18(19)27-3)10-16-20(26)25(21(29)24-16)17-6-5-14(22)8-12(17)2/h1,5-6,8-11H,7H2,2-3H3,(H,24,29)/b16-10-. The number of terminal acetylenes is 1. The molecule has 0 atom stereocenters. The van der Waals surface area contributed by atoms with Gasteiger partial charge in [0.05, 0.1) is 17.8 Å². The van der Waals surface area contributed by atoms with Gasteiger partial charge in [-0.2, -0.15) is 0 Å². The fraction of sp³-hybridized carbons (Fsp3) is 0.143. The smallest absolute Gasteiger partial charge is 0.281 e. The minimum Gasteiger partial charge on any atom is -0.493 e. The fourth-order valence-corrected chi connectivity index (χ4v) is 3.66. The zero-order valence-electron chi connectivity index (χ0n) is 15.6. The van der Waals surface area contributed by atoms with Crippen LogP contribution in [0.15, 0.2) is 36.0 Å². The van der Waals surface area contributed by atoms with Crippen LogP contribution in [-0.2, 0) is 4.79 Å². The number of ether oxygens (including phenoxy) is 2. The molecule has 0 bridgehead atoms. The van der Waals surface area contributed by atoms with Gasteiger partial charge in [0.15, 0.2) is 16.6 Å². The molecule has 1 saturated heterocycles. The molecule has 1 fully saturated rings. The third-order valence-corrected chi connectivity index (χ3v) is 4.94. The number of carbonyl (C=O) groups is 1. The van der Waals surface area contributed by atoms with Gasteiger partial charge < -0.3 is 14.8 Å². The van der Waals surface area contributed by atoms with E-state index in [1.807, 2.05) is 6.92 Å². The second-order valence-corrected chi connectivity index (χ2v) is 7.32. The Kier molecular flexibility index (Phi) is 6.33. The average Bonchev–Trinajstić information content (AvgIpc) is 2.94. The number of aryl methyl sites for hydroxylation is 1. The van der Waals surface area contributed by atoms with E-state index < -0.39 is 0 Å². The lowest BCUT2D eigenvalue weighted by Gasteiger charge is -2.16. The molecule has 0 saturated carbocycles. The van der Waals surface area contributed by atoms with E-state index in [1.54, 1.807) is 36.4 Å². The monoisotopic (exact) mass is 446 g/mol. The normalized spacial score (nSPS) is 14.7. The van der Waals surface area contributed by atoms with Crippen molar-refractivity contribution in [3.63, 3.8) is 0 Å². The van der Waals surface area contributed by atoms with Gasteiger partial charge in [-0.05, 0) is 66.7 Å². The van der Waals surface area contributed by atoms with Crippen LogP contribution in [0.25, 0.3) is 6.08 Å². The summed E-state index contributed by atoms with van der Waals surface area (Å²) in [4.78, 5) is 14.4. The average molecular weight is 447 g/mol. The van der Waals surface area contributed by atoms with Gasteiger partial charge in [-0.25, -0.2) is 0 Å². The van der Waals surface area contributed by atoms with Crippen molar-refractivity contribution in [2.75, 3.05) is 18.6 Å². The Hall–Kier alpha value is -2.72. The van der Waals surface area contributed by atoms with E-state index >= 15 is 0 Å². The van der Waals surface area contributed by atoms with Gasteiger partial charge in [0.2, 0.25) is 0 Å². The third kappa shape index (κ3) is 4.33. The number of thiocarbonyl (C=S) groups is 1. The van der Waals surface area contributed by atoms with Crippen LogP contribution in [0.5, 0.6) is 11.5 Å². The van der Waals surface area contributed by atoms with Gasteiger partial charge in [0.25, 0.3) is 5.91 Å². The van der Waals surface area contributed by atoms with E-state index in [9.17, 15) is 4.79 Å². The van der Waals surface area contributed by atoms with Crippen LogP contribution in [-0.4, -0.2) is 24.7 Å². The molecule has 8 heteroatoms. The van der Waals surface area contributed by atoms with E-state index in [2.05, 4.69) is 11.2 Å². The zero-order chi connectivity index (χ0) is 21.1. The second kappa shape index (κ2) is 8.75. The number of carbonyl (C=O) groups excluding carboxylic acids is 1. The molecule has 0 spiro atoms. The molecule has 148 valence electrons. The van der Waals surface area contributed by atoms with Gasteiger partial charge >= 0.3 is 0 Å². The largest absolute Gasteiger partial charge is 0.493 e. The summed E-state index contributed by atoms with van der Waals surface area (Å²) in [5.74, 6) is 2.83. The lowest BCUT2D eigenvalue weighted by Crippen LogP contribution is -2.30. The minimum absolute atomic E-state index is 0.0558. The van der Waals surface area contributed by atoms with Crippen molar-refractivity contribution in [3.05, 3.63) is 57.2 Å². The summed E-state index contributed by atoms with van der Waals surface area (Å²) in [6.45, 7) is 1.92. The van der Waals surface area contributed by atoms with Gasteiger partial charge in [0, 0.05) is 5.02 Å². The van der Waals surface area contributed by atoms with Crippen molar-refractivity contribution >= 4 is 58.2 Å². The van der Waals surface area contributed by atoms with E-state index in [0.717, 1.165) is 5.56 Å². The molecule has 1 aliphatic heterocycles. The van der Waals surface area contributed by atoms with E-state index in [4.69, 9.17) is 51.3 Å². The van der Waals surface area contributed by atoms with Crippen LogP contribution in [0.4, 0.5) is 5.69 Å². The SMILES string of the molecule is C#CCOc1c(Cl)cc(/C=C2\NC(=S)N(c3ccc(Cl)cc3C)C2=O)cc1OC. The summed E-state index contributed by atoms with van der Waals surface area (Å²) >= 11 is 17.7. The number of amides is 1. The fourth-order valence-electron chi connectivity index (χ4n) is 2.87. The van der Waals surface area contributed by atoms with Crippen LogP contribution in [0.1, 0.15) is 11.1 Å². The molecule has 0 radical (unpaired) electrons. The summed E-state index contributed by atoms with van der Waals surface area (Å²) in [5.41, 5.74) is 2.43. The molecule has 0 aliphatic carbocycles. The summed E-state index contributed by atoms with van der Waals surface area (Å²) in [5, 5.41) is 4.11. The highest BCUT2D eigenvalue weighted by atomic mass is 35.5. The summed E-state index contributed by atoms with van der Waals surface area (Å²) in [6.07, 6.45) is 6.86. The van der Waals surface area contributed by atoms with Crippen LogP contribution in [0, 0.1) is 19.3 Å². The van der Waals surface area contributed by atoms with Gasteiger partial charge in [-0.15, -0.1) is 6.42 Å². The molecule has 2 aromatic rings. The zero-order valence-corrected chi connectivity index (χ0v) is 17.9. The highest BCUT2D eigenvalue weighted by Crippen LogP contribution is 2.37. The number of halogens is 2. The Morgan fingerprint density at radius 2 is 2.07 bits per heavy atom. The van der Waals surface area contributed by atoms with Crippen LogP contribution >= 0.6 is 35.4 Å². The van der Waals surface area contributed by atoms with Gasteiger partial charge in [-0.3, -0.25) is 9.69 Å². The Morgan fingerprint density at radius 1 is 1.31 bits per heavy atom.